The molecule has 0 amide bonds. The van der Waals surface area contributed by atoms with E-state index < -0.39 is 0 Å². The summed E-state index contributed by atoms with van der Waals surface area (Å²) >= 11 is 0. The number of fused-ring (bicyclic) bond motifs is 1. The fourth-order valence-electron chi connectivity index (χ4n) is 3.46. The summed E-state index contributed by atoms with van der Waals surface area (Å²) in [5.41, 5.74) is 2.23. The van der Waals surface area contributed by atoms with Crippen LogP contribution < -0.4 is 5.32 Å². The lowest BCUT2D eigenvalue weighted by Crippen LogP contribution is -2.41. The first-order valence-corrected chi connectivity index (χ1v) is 8.19. The molecule has 2 unspecified atom stereocenters. The molecule has 0 spiro atoms. The van der Waals surface area contributed by atoms with Gasteiger partial charge >= 0.3 is 0 Å². The molecule has 3 heterocycles. The molecule has 0 radical (unpaired) electrons. The third-order valence-electron chi connectivity index (χ3n) is 4.99. The Morgan fingerprint density at radius 3 is 3.00 bits per heavy atom. The van der Waals surface area contributed by atoms with Crippen LogP contribution in [0.25, 0.3) is 5.65 Å². The first-order valence-electron chi connectivity index (χ1n) is 8.19. The Morgan fingerprint density at radius 1 is 1.29 bits per heavy atom. The van der Waals surface area contributed by atoms with Crippen molar-refractivity contribution in [3.05, 3.63) is 36.3 Å². The summed E-state index contributed by atoms with van der Waals surface area (Å²) in [6, 6.07) is 7.50. The molecule has 0 aromatic carbocycles. The summed E-state index contributed by atoms with van der Waals surface area (Å²) in [6.07, 6.45) is 8.30. The molecule has 1 saturated heterocycles. The number of nitrogens with zero attached hydrogens (tertiary/aromatic N) is 3. The van der Waals surface area contributed by atoms with E-state index in [4.69, 9.17) is 4.98 Å². The summed E-state index contributed by atoms with van der Waals surface area (Å²) in [5, 5.41) is 3.75. The topological polar surface area (TPSA) is 32.6 Å². The van der Waals surface area contributed by atoms with Crippen LogP contribution in [0.5, 0.6) is 0 Å². The largest absolute Gasteiger partial charge is 0.312 e. The van der Waals surface area contributed by atoms with Crippen LogP contribution in [0.4, 0.5) is 0 Å². The van der Waals surface area contributed by atoms with E-state index in [1.54, 1.807) is 0 Å². The maximum absolute atomic E-state index is 4.76. The van der Waals surface area contributed by atoms with Crippen molar-refractivity contribution >= 4 is 5.65 Å². The highest BCUT2D eigenvalue weighted by Crippen LogP contribution is 2.34. The van der Waals surface area contributed by atoms with Gasteiger partial charge in [0.15, 0.2) is 0 Å². The average molecular weight is 284 g/mol. The highest BCUT2D eigenvalue weighted by molar-refractivity contribution is 5.39. The number of aromatic nitrogens is 2. The molecule has 4 rings (SSSR count). The fraction of sp³-hybridized carbons (Fsp3) is 0.588. The predicted octanol–water partition coefficient (Wildman–Crippen LogP) is 2.30. The smallest absolute Gasteiger partial charge is 0.137 e. The van der Waals surface area contributed by atoms with E-state index in [2.05, 4.69) is 46.1 Å². The van der Waals surface area contributed by atoms with E-state index >= 15 is 0 Å². The van der Waals surface area contributed by atoms with Crippen molar-refractivity contribution < 1.29 is 0 Å². The predicted molar refractivity (Wildman–Crippen MR) is 84.2 cm³/mol. The van der Waals surface area contributed by atoms with Gasteiger partial charge in [0.25, 0.3) is 0 Å². The Balaban J connectivity index is 1.52. The molecule has 2 aromatic rings. The minimum atomic E-state index is 0.631. The third kappa shape index (κ3) is 2.83. The molecule has 112 valence electrons. The van der Waals surface area contributed by atoms with Gasteiger partial charge in [0.1, 0.15) is 5.65 Å². The Bertz CT molecular complexity index is 583. The van der Waals surface area contributed by atoms with Crippen LogP contribution in [-0.2, 0) is 6.54 Å². The molecule has 2 atom stereocenters. The van der Waals surface area contributed by atoms with Gasteiger partial charge in [-0.15, -0.1) is 0 Å². The monoisotopic (exact) mass is 284 g/mol. The van der Waals surface area contributed by atoms with Gasteiger partial charge < -0.3 is 9.72 Å². The van der Waals surface area contributed by atoms with E-state index in [-0.39, 0.29) is 0 Å². The maximum atomic E-state index is 4.76. The first-order chi connectivity index (χ1) is 10.3. The van der Waals surface area contributed by atoms with E-state index in [0.29, 0.717) is 12.1 Å². The van der Waals surface area contributed by atoms with Crippen molar-refractivity contribution in [1.82, 2.24) is 19.6 Å². The van der Waals surface area contributed by atoms with E-state index in [0.717, 1.165) is 24.7 Å². The highest BCUT2D eigenvalue weighted by Gasteiger charge is 2.34. The van der Waals surface area contributed by atoms with E-state index in [9.17, 15) is 0 Å². The van der Waals surface area contributed by atoms with Gasteiger partial charge in [-0.3, -0.25) is 4.90 Å². The molecule has 4 nitrogen and oxygen atoms in total. The molecule has 21 heavy (non-hydrogen) atoms. The molecule has 1 aliphatic heterocycles. The minimum absolute atomic E-state index is 0.631. The Morgan fingerprint density at radius 2 is 2.19 bits per heavy atom. The van der Waals surface area contributed by atoms with E-state index in [1.807, 2.05) is 6.07 Å². The fourth-order valence-corrected chi connectivity index (χ4v) is 3.46. The molecule has 2 aromatic heterocycles. The molecular weight excluding hydrogens is 260 g/mol. The van der Waals surface area contributed by atoms with Crippen LogP contribution in [0, 0.1) is 5.92 Å². The maximum Gasteiger partial charge on any atom is 0.137 e. The van der Waals surface area contributed by atoms with E-state index in [1.165, 1.54) is 31.5 Å². The summed E-state index contributed by atoms with van der Waals surface area (Å²) in [7, 11) is 0. The molecule has 0 bridgehead atoms. The average Bonchev–Trinajstić information content (AvgIpc) is 3.25. The number of nitrogens with one attached hydrogen (secondary N) is 1. The van der Waals surface area contributed by atoms with Gasteiger partial charge in [0.05, 0.1) is 5.69 Å². The third-order valence-corrected chi connectivity index (χ3v) is 4.99. The van der Waals surface area contributed by atoms with Gasteiger partial charge in [0.2, 0.25) is 0 Å². The minimum Gasteiger partial charge on any atom is -0.312 e. The second kappa shape index (κ2) is 5.43. The number of pyridine rings is 1. The zero-order chi connectivity index (χ0) is 14.2. The quantitative estimate of drug-likeness (QED) is 0.938. The Hall–Kier alpha value is -1.39. The number of hydrogen-bond acceptors (Lipinski definition) is 3. The molecule has 1 aliphatic carbocycles. The van der Waals surface area contributed by atoms with Crippen LogP contribution in [0.3, 0.4) is 0 Å². The molecule has 1 N–H and O–H groups in total. The Labute approximate surface area is 126 Å². The standard InChI is InChI=1S/C17H24N4/c1-13-7-8-18-16(14-5-6-14)12-21(13)11-15-10-20-9-3-2-4-17(20)19-15/h2-4,9-10,13-14,16,18H,5-8,11-12H2,1H3. The summed E-state index contributed by atoms with van der Waals surface area (Å²) in [4.78, 5) is 7.37. The van der Waals surface area contributed by atoms with Crippen molar-refractivity contribution in [3.8, 4) is 0 Å². The van der Waals surface area contributed by atoms with Gasteiger partial charge in [-0.1, -0.05) is 6.07 Å². The van der Waals surface area contributed by atoms with Gasteiger partial charge in [-0.25, -0.2) is 4.98 Å². The number of imidazole rings is 1. The summed E-state index contributed by atoms with van der Waals surface area (Å²) in [6.45, 7) is 5.64. The van der Waals surface area contributed by atoms with Gasteiger partial charge in [-0.05, 0) is 50.8 Å². The molecule has 1 saturated carbocycles. The van der Waals surface area contributed by atoms with Crippen LogP contribution in [0.2, 0.25) is 0 Å². The van der Waals surface area contributed by atoms with Crippen LogP contribution in [0.1, 0.15) is 31.9 Å². The van der Waals surface area contributed by atoms with Gasteiger partial charge in [0, 0.05) is 37.6 Å². The van der Waals surface area contributed by atoms with Crippen molar-refractivity contribution in [2.45, 2.75) is 44.8 Å². The van der Waals surface area contributed by atoms with Crippen molar-refractivity contribution in [2.24, 2.45) is 5.92 Å². The summed E-state index contributed by atoms with van der Waals surface area (Å²) in [5.74, 6) is 0.916. The van der Waals surface area contributed by atoms with Crippen molar-refractivity contribution in [1.29, 1.82) is 0 Å². The van der Waals surface area contributed by atoms with Crippen LogP contribution in [0.15, 0.2) is 30.6 Å². The zero-order valence-corrected chi connectivity index (χ0v) is 12.7. The second-order valence-electron chi connectivity index (χ2n) is 6.66. The molecule has 4 heteroatoms. The number of rotatable bonds is 3. The van der Waals surface area contributed by atoms with Crippen molar-refractivity contribution in [3.63, 3.8) is 0 Å². The molecule has 2 aliphatic rings. The molecule has 2 fully saturated rings. The highest BCUT2D eigenvalue weighted by atomic mass is 15.2. The first kappa shape index (κ1) is 13.3. The lowest BCUT2D eigenvalue weighted by Gasteiger charge is -2.28. The lowest BCUT2D eigenvalue weighted by atomic mass is 10.1. The number of hydrogen-bond donors (Lipinski definition) is 1. The van der Waals surface area contributed by atoms with Crippen molar-refractivity contribution in [2.75, 3.05) is 13.1 Å². The Kier molecular flexibility index (Phi) is 3.43. The molecular formula is C17H24N4. The normalized spacial score (nSPS) is 27.9. The van der Waals surface area contributed by atoms with Gasteiger partial charge in [-0.2, -0.15) is 0 Å². The van der Waals surface area contributed by atoms with Crippen LogP contribution >= 0.6 is 0 Å². The van der Waals surface area contributed by atoms with Crippen LogP contribution in [-0.4, -0.2) is 39.5 Å². The zero-order valence-electron chi connectivity index (χ0n) is 12.7. The lowest BCUT2D eigenvalue weighted by molar-refractivity contribution is 0.189. The second-order valence-corrected chi connectivity index (χ2v) is 6.66. The SMILES string of the molecule is CC1CCNC(C2CC2)CN1Cc1cn2ccccc2n1. The summed E-state index contributed by atoms with van der Waals surface area (Å²) < 4.78 is 2.12.